The number of rotatable bonds is 6. The van der Waals surface area contributed by atoms with Gasteiger partial charge in [-0.1, -0.05) is 48.5 Å². The van der Waals surface area contributed by atoms with Crippen molar-refractivity contribution in [3.8, 4) is 0 Å². The molecule has 0 saturated carbocycles. The van der Waals surface area contributed by atoms with Gasteiger partial charge in [0.1, 0.15) is 0 Å². The minimum Gasteiger partial charge on any atom is -0.352 e. The lowest BCUT2D eigenvalue weighted by Gasteiger charge is -2.14. The molecule has 4 rings (SSSR count). The molecule has 0 unspecified atom stereocenters. The van der Waals surface area contributed by atoms with Crippen molar-refractivity contribution < 1.29 is 4.79 Å². The molecular formula is C22H23N3O. The molecule has 1 N–H and O–H groups in total. The summed E-state index contributed by atoms with van der Waals surface area (Å²) in [6.45, 7) is 1.28. The fourth-order valence-electron chi connectivity index (χ4n) is 3.80. The van der Waals surface area contributed by atoms with Crippen molar-refractivity contribution in [1.82, 2.24) is 15.1 Å². The third-order valence-corrected chi connectivity index (χ3v) is 5.17. The van der Waals surface area contributed by atoms with Gasteiger partial charge in [-0.3, -0.25) is 9.48 Å². The van der Waals surface area contributed by atoms with Gasteiger partial charge in [0.2, 0.25) is 5.91 Å². The zero-order valence-corrected chi connectivity index (χ0v) is 14.8. The molecule has 0 aliphatic heterocycles. The van der Waals surface area contributed by atoms with Gasteiger partial charge in [-0.25, -0.2) is 0 Å². The van der Waals surface area contributed by atoms with E-state index < -0.39 is 0 Å². The normalized spacial score (nSPS) is 15.6. The van der Waals surface area contributed by atoms with Gasteiger partial charge in [-0.2, -0.15) is 5.10 Å². The Hall–Kier alpha value is -2.88. The van der Waals surface area contributed by atoms with Crippen molar-refractivity contribution in [1.29, 1.82) is 0 Å². The molecule has 4 nitrogen and oxygen atoms in total. The van der Waals surface area contributed by atoms with Crippen molar-refractivity contribution >= 4 is 5.91 Å². The van der Waals surface area contributed by atoms with Gasteiger partial charge in [0, 0.05) is 25.4 Å². The Morgan fingerprint density at radius 2 is 1.88 bits per heavy atom. The highest BCUT2D eigenvalue weighted by molar-refractivity contribution is 5.77. The fourth-order valence-corrected chi connectivity index (χ4v) is 3.80. The van der Waals surface area contributed by atoms with Gasteiger partial charge < -0.3 is 5.32 Å². The van der Waals surface area contributed by atoms with Crippen molar-refractivity contribution in [2.24, 2.45) is 0 Å². The van der Waals surface area contributed by atoms with E-state index in [2.05, 4.69) is 46.8 Å². The predicted octanol–water partition coefficient (Wildman–Crippen LogP) is 3.67. The first-order chi connectivity index (χ1) is 12.8. The van der Waals surface area contributed by atoms with E-state index in [4.69, 9.17) is 0 Å². The summed E-state index contributed by atoms with van der Waals surface area (Å²) in [5.74, 6) is 0.478. The smallest absolute Gasteiger partial charge is 0.220 e. The van der Waals surface area contributed by atoms with E-state index in [1.54, 1.807) is 6.20 Å². The molecule has 1 atom stereocenters. The molecule has 1 heterocycles. The van der Waals surface area contributed by atoms with Crippen molar-refractivity contribution in [3.63, 3.8) is 0 Å². The van der Waals surface area contributed by atoms with E-state index in [9.17, 15) is 4.79 Å². The van der Waals surface area contributed by atoms with Crippen LogP contribution in [0, 0.1) is 0 Å². The minimum absolute atomic E-state index is 0.126. The van der Waals surface area contributed by atoms with Crippen LogP contribution in [0.15, 0.2) is 67.0 Å². The predicted molar refractivity (Wildman–Crippen MR) is 102 cm³/mol. The summed E-state index contributed by atoms with van der Waals surface area (Å²) in [4.78, 5) is 12.5. The number of fused-ring (bicyclic) bond motifs is 1. The van der Waals surface area contributed by atoms with E-state index >= 15 is 0 Å². The fraction of sp³-hybridized carbons (Fsp3) is 0.273. The van der Waals surface area contributed by atoms with Gasteiger partial charge in [0.25, 0.3) is 0 Å². The number of hydrogen-bond donors (Lipinski definition) is 1. The number of aryl methyl sites for hydroxylation is 1. The largest absolute Gasteiger partial charge is 0.352 e. The van der Waals surface area contributed by atoms with Gasteiger partial charge in [-0.15, -0.1) is 0 Å². The lowest BCUT2D eigenvalue weighted by atomic mass is 9.97. The summed E-state index contributed by atoms with van der Waals surface area (Å²) in [5.41, 5.74) is 5.07. The number of benzene rings is 2. The highest BCUT2D eigenvalue weighted by Crippen LogP contribution is 2.35. The highest BCUT2D eigenvalue weighted by Gasteiger charge is 2.24. The number of carbonyl (C=O) groups excluding carboxylic acids is 1. The standard InChI is InChI=1S/C22H23N3O/c26-22(14-18-11-10-17-6-3-4-9-21(17)18)23-15-19-7-1-2-8-20(19)16-25-13-5-12-24-25/h1-9,12-13,18H,10-11,14-16H2,(H,23,26)/t18-/m1/s1. The molecule has 1 aromatic heterocycles. The monoisotopic (exact) mass is 345 g/mol. The Bertz CT molecular complexity index is 886. The molecule has 3 aromatic rings. The number of aromatic nitrogens is 2. The van der Waals surface area contributed by atoms with Gasteiger partial charge in [0.15, 0.2) is 0 Å². The summed E-state index contributed by atoms with van der Waals surface area (Å²) in [5, 5.41) is 7.38. The molecule has 4 heteroatoms. The van der Waals surface area contributed by atoms with Crippen LogP contribution in [-0.4, -0.2) is 15.7 Å². The average Bonchev–Trinajstić information content (AvgIpc) is 3.31. The molecule has 132 valence electrons. The van der Waals surface area contributed by atoms with Crippen LogP contribution in [0.5, 0.6) is 0 Å². The van der Waals surface area contributed by atoms with Crippen LogP contribution in [0.2, 0.25) is 0 Å². The molecule has 0 fully saturated rings. The van der Waals surface area contributed by atoms with Crippen LogP contribution in [0.4, 0.5) is 0 Å². The minimum atomic E-state index is 0.126. The topological polar surface area (TPSA) is 46.9 Å². The quantitative estimate of drug-likeness (QED) is 0.741. The molecule has 2 aromatic carbocycles. The molecule has 1 aliphatic rings. The Morgan fingerprint density at radius 1 is 1.08 bits per heavy atom. The molecular weight excluding hydrogens is 322 g/mol. The zero-order valence-electron chi connectivity index (χ0n) is 14.8. The first-order valence-electron chi connectivity index (χ1n) is 9.18. The van der Waals surface area contributed by atoms with Crippen LogP contribution < -0.4 is 5.32 Å². The van der Waals surface area contributed by atoms with Gasteiger partial charge in [0.05, 0.1) is 6.54 Å². The van der Waals surface area contributed by atoms with Crippen LogP contribution >= 0.6 is 0 Å². The number of nitrogens with zero attached hydrogens (tertiary/aromatic N) is 2. The first kappa shape index (κ1) is 16.6. The zero-order chi connectivity index (χ0) is 17.8. The number of carbonyl (C=O) groups is 1. The maximum atomic E-state index is 12.5. The second kappa shape index (κ2) is 7.56. The Labute approximate surface area is 153 Å². The second-order valence-electron chi connectivity index (χ2n) is 6.89. The van der Waals surface area contributed by atoms with Crippen LogP contribution in [0.3, 0.4) is 0 Å². The lowest BCUT2D eigenvalue weighted by molar-refractivity contribution is -0.121. The highest BCUT2D eigenvalue weighted by atomic mass is 16.1. The van der Waals surface area contributed by atoms with E-state index in [0.717, 1.165) is 24.9 Å². The third-order valence-electron chi connectivity index (χ3n) is 5.17. The van der Waals surface area contributed by atoms with E-state index in [1.165, 1.54) is 16.7 Å². The maximum absolute atomic E-state index is 12.5. The van der Waals surface area contributed by atoms with Crippen molar-refractivity contribution in [2.75, 3.05) is 0 Å². The molecule has 0 bridgehead atoms. The summed E-state index contributed by atoms with van der Waals surface area (Å²) < 4.78 is 1.90. The van der Waals surface area contributed by atoms with Crippen LogP contribution in [0.1, 0.15) is 41.0 Å². The number of nitrogens with one attached hydrogen (secondary N) is 1. The molecule has 1 aliphatic carbocycles. The molecule has 0 radical (unpaired) electrons. The summed E-state index contributed by atoms with van der Waals surface area (Å²) in [6, 6.07) is 18.6. The molecule has 0 spiro atoms. The maximum Gasteiger partial charge on any atom is 0.220 e. The second-order valence-corrected chi connectivity index (χ2v) is 6.89. The molecule has 1 amide bonds. The van der Waals surface area contributed by atoms with E-state index in [0.29, 0.717) is 18.9 Å². The van der Waals surface area contributed by atoms with Crippen molar-refractivity contribution in [2.45, 2.75) is 38.3 Å². The van der Waals surface area contributed by atoms with Crippen molar-refractivity contribution in [3.05, 3.63) is 89.2 Å². The molecule has 26 heavy (non-hydrogen) atoms. The molecule has 0 saturated heterocycles. The average molecular weight is 345 g/mol. The number of hydrogen-bond acceptors (Lipinski definition) is 2. The van der Waals surface area contributed by atoms with Gasteiger partial charge >= 0.3 is 0 Å². The lowest BCUT2D eigenvalue weighted by Crippen LogP contribution is -2.25. The summed E-state index contributed by atoms with van der Waals surface area (Å²) >= 11 is 0. The first-order valence-corrected chi connectivity index (χ1v) is 9.18. The van der Waals surface area contributed by atoms with Gasteiger partial charge in [-0.05, 0) is 47.1 Å². The number of amides is 1. The van der Waals surface area contributed by atoms with E-state index in [-0.39, 0.29) is 5.91 Å². The Kier molecular flexibility index (Phi) is 4.82. The van der Waals surface area contributed by atoms with Crippen LogP contribution in [0.25, 0.3) is 0 Å². The van der Waals surface area contributed by atoms with Crippen LogP contribution in [-0.2, 0) is 24.3 Å². The SMILES string of the molecule is O=C(C[C@H]1CCc2ccccc21)NCc1ccccc1Cn1cccn1. The Balaban J connectivity index is 1.37. The third kappa shape index (κ3) is 3.69. The Morgan fingerprint density at radius 3 is 2.73 bits per heavy atom. The van der Waals surface area contributed by atoms with E-state index in [1.807, 2.05) is 29.1 Å². The summed E-state index contributed by atoms with van der Waals surface area (Å²) in [6.07, 6.45) is 6.46. The summed E-state index contributed by atoms with van der Waals surface area (Å²) in [7, 11) is 0.